The van der Waals surface area contributed by atoms with Gasteiger partial charge in [0.2, 0.25) is 0 Å². The normalized spacial score (nSPS) is 13.4. The molecule has 6 aromatic carbocycles. The van der Waals surface area contributed by atoms with E-state index in [4.69, 9.17) is 0 Å². The molecule has 0 aliphatic rings. The van der Waals surface area contributed by atoms with E-state index in [0.717, 1.165) is 0 Å². The fourth-order valence-electron chi connectivity index (χ4n) is 6.91. The lowest BCUT2D eigenvalue weighted by atomic mass is 10.4. The zero-order valence-corrected chi connectivity index (χ0v) is 30.8. The van der Waals surface area contributed by atoms with Gasteiger partial charge in [0, 0.05) is 11.3 Å². The van der Waals surface area contributed by atoms with Crippen molar-refractivity contribution in [1.82, 2.24) is 0 Å². The Balaban J connectivity index is 1.82. The maximum Gasteiger partial charge on any atom is 0.140 e. The van der Waals surface area contributed by atoms with Gasteiger partial charge < -0.3 is 0 Å². The number of benzene rings is 6. The Kier molecular flexibility index (Phi) is 10.6. The Morgan fingerprint density at radius 2 is 0.435 bits per heavy atom. The van der Waals surface area contributed by atoms with Crippen LogP contribution in [0.3, 0.4) is 0 Å². The first-order chi connectivity index (χ1) is 22.5. The van der Waals surface area contributed by atoms with Crippen LogP contribution in [0.5, 0.6) is 0 Å². The molecule has 0 fully saturated rings. The third-order valence-electron chi connectivity index (χ3n) is 8.53. The van der Waals surface area contributed by atoms with E-state index < -0.39 is 28.5 Å². The molecule has 0 radical (unpaired) electrons. The van der Waals surface area contributed by atoms with E-state index in [2.05, 4.69) is 210 Å². The minimum atomic E-state index is -2.17. The summed E-state index contributed by atoms with van der Waals surface area (Å²) in [5, 5.41) is 9.04. The molecule has 0 saturated heterocycles. The summed E-state index contributed by atoms with van der Waals surface area (Å²) in [4.78, 5) is 0. The lowest BCUT2D eigenvalue weighted by Crippen LogP contribution is -2.35. The van der Waals surface area contributed by atoms with Gasteiger partial charge in [0.25, 0.3) is 0 Å². The predicted octanol–water partition coefficient (Wildman–Crippen LogP) is 10.5. The van der Waals surface area contributed by atoms with Gasteiger partial charge in [-0.3, -0.25) is 0 Å². The summed E-state index contributed by atoms with van der Waals surface area (Å²) in [6.45, 7) is 5.85. The van der Waals surface area contributed by atoms with Gasteiger partial charge in [-0.2, -0.15) is 0 Å². The van der Waals surface area contributed by atoms with Crippen LogP contribution in [0.4, 0.5) is 0 Å². The van der Waals surface area contributed by atoms with Gasteiger partial charge in [0.15, 0.2) is 0 Å². The monoisotopic (exact) mass is 672 g/mol. The van der Waals surface area contributed by atoms with Crippen LogP contribution >= 0.6 is 28.5 Å². The Bertz CT molecular complexity index is 1450. The summed E-state index contributed by atoms with van der Waals surface area (Å²) < 4.78 is 0. The van der Waals surface area contributed by atoms with Crippen LogP contribution in [0.25, 0.3) is 0 Å². The van der Waals surface area contributed by atoms with E-state index in [1.807, 2.05) is 0 Å². The van der Waals surface area contributed by atoms with Crippen LogP contribution in [-0.2, 0) is 0 Å². The molecular weight excluding hydrogens is 628 g/mol. The molecule has 0 bridgehead atoms. The van der Waals surface area contributed by atoms with Gasteiger partial charge in [-0.1, -0.05) is 137 Å². The Morgan fingerprint density at radius 1 is 0.283 bits per heavy atom. The lowest BCUT2D eigenvalue weighted by molar-refractivity contribution is 1.09. The van der Waals surface area contributed by atoms with E-state index in [1.54, 1.807) is 0 Å². The maximum atomic E-state index is 2.54. The number of hydrogen-bond donors (Lipinski definition) is 0. The third-order valence-corrected chi connectivity index (χ3v) is 42.5. The summed E-state index contributed by atoms with van der Waals surface area (Å²) in [5.41, 5.74) is 0.987. The molecule has 0 aromatic heterocycles. The quantitative estimate of drug-likeness (QED) is 0.120. The molecule has 0 aliphatic carbocycles. The molecule has 6 aromatic rings. The summed E-state index contributed by atoms with van der Waals surface area (Å²) in [7, 11) is -1.27. The van der Waals surface area contributed by atoms with Crippen molar-refractivity contribution >= 4 is 60.3 Å². The number of hydrogen-bond acceptors (Lipinski definition) is 0. The standard InChI is InChI=1S/C42H44P4/c1-35(2)43(45(37-23-11-5-12-24-37,38-25-13-6-14-26-38)39-27-15-7-16-28-39)44(36(3)4)46(40-29-17-8-18-30-40,41-31-19-9-20-32-41)42-33-21-10-22-34-42/h5-36H,1-4H3/q+2. The maximum absolute atomic E-state index is 2.54. The van der Waals surface area contributed by atoms with Crippen molar-refractivity contribution in [2.24, 2.45) is 0 Å². The van der Waals surface area contributed by atoms with Crippen molar-refractivity contribution in [2.75, 3.05) is 0 Å². The van der Waals surface area contributed by atoms with E-state index in [-0.39, 0.29) is 0 Å². The molecule has 0 amide bonds. The highest BCUT2D eigenvalue weighted by molar-refractivity contribution is 8.87. The molecule has 2 unspecified atom stereocenters. The Morgan fingerprint density at radius 3 is 0.565 bits per heavy atom. The molecule has 2 atom stereocenters. The van der Waals surface area contributed by atoms with Crippen molar-refractivity contribution in [3.8, 4) is 0 Å². The van der Waals surface area contributed by atoms with Gasteiger partial charge in [0.1, 0.15) is 60.3 Å². The van der Waals surface area contributed by atoms with Gasteiger partial charge in [-0.05, 0) is 72.8 Å². The van der Waals surface area contributed by atoms with Crippen LogP contribution < -0.4 is 31.8 Å². The fourth-order valence-corrected chi connectivity index (χ4v) is 52.6. The van der Waals surface area contributed by atoms with Gasteiger partial charge >= 0.3 is 0 Å². The molecule has 46 heavy (non-hydrogen) atoms. The second-order valence-electron chi connectivity index (χ2n) is 12.1. The summed E-state index contributed by atoms with van der Waals surface area (Å²) >= 11 is 0. The summed E-state index contributed by atoms with van der Waals surface area (Å²) in [5.74, 6) is 0. The van der Waals surface area contributed by atoms with Crippen LogP contribution in [0.2, 0.25) is 0 Å². The topological polar surface area (TPSA) is 0 Å². The van der Waals surface area contributed by atoms with Gasteiger partial charge in [-0.15, -0.1) is 0 Å². The van der Waals surface area contributed by atoms with Crippen LogP contribution in [-0.4, -0.2) is 11.3 Å². The van der Waals surface area contributed by atoms with Crippen molar-refractivity contribution in [1.29, 1.82) is 0 Å². The Labute approximate surface area is 280 Å². The molecule has 0 saturated carbocycles. The zero-order chi connectivity index (χ0) is 32.0. The first kappa shape index (κ1) is 33.0. The molecule has 0 aliphatic heterocycles. The molecule has 4 heteroatoms. The molecule has 0 heterocycles. The van der Waals surface area contributed by atoms with Gasteiger partial charge in [0.05, 0.1) is 0 Å². The highest BCUT2D eigenvalue weighted by atomic mass is 32.7. The van der Waals surface area contributed by atoms with Crippen molar-refractivity contribution in [2.45, 2.75) is 39.0 Å². The minimum absolute atomic E-state index is 0.493. The lowest BCUT2D eigenvalue weighted by Gasteiger charge is -2.45. The largest absolute Gasteiger partial charge is 0.140 e. The van der Waals surface area contributed by atoms with E-state index >= 15 is 0 Å². The van der Waals surface area contributed by atoms with E-state index in [1.165, 1.54) is 31.8 Å². The van der Waals surface area contributed by atoms with E-state index in [9.17, 15) is 0 Å². The second-order valence-corrected chi connectivity index (χ2v) is 31.8. The highest BCUT2D eigenvalue weighted by Gasteiger charge is 2.67. The second kappa shape index (κ2) is 14.9. The predicted molar refractivity (Wildman–Crippen MR) is 214 cm³/mol. The smallest absolute Gasteiger partial charge is 0.0620 e. The fraction of sp³-hybridized carbons (Fsp3) is 0.143. The molecular formula is C42H44P4+2. The first-order valence-electron chi connectivity index (χ1n) is 16.2. The minimum Gasteiger partial charge on any atom is -0.0620 e. The molecule has 0 spiro atoms. The molecule has 230 valence electrons. The van der Waals surface area contributed by atoms with Crippen molar-refractivity contribution in [3.05, 3.63) is 182 Å². The van der Waals surface area contributed by atoms with E-state index in [0.29, 0.717) is 11.3 Å². The third kappa shape index (κ3) is 5.96. The Hall–Kier alpha value is -2.96. The SMILES string of the molecule is CC(C)P(P(C(C)C)[P+](c1ccccc1)(c1ccccc1)c1ccccc1)[P+](c1ccccc1)(c1ccccc1)c1ccccc1. The van der Waals surface area contributed by atoms with Crippen LogP contribution in [0.1, 0.15) is 27.7 Å². The molecule has 0 nitrogen and oxygen atoms in total. The molecule has 0 N–H and O–H groups in total. The van der Waals surface area contributed by atoms with Crippen molar-refractivity contribution < 1.29 is 0 Å². The van der Waals surface area contributed by atoms with Gasteiger partial charge in [-0.25, -0.2) is 0 Å². The highest BCUT2D eigenvalue weighted by Crippen LogP contribution is 3.07. The zero-order valence-electron chi connectivity index (χ0n) is 27.3. The van der Waals surface area contributed by atoms with Crippen molar-refractivity contribution in [3.63, 3.8) is 0 Å². The average Bonchev–Trinajstić information content (AvgIpc) is 3.12. The first-order valence-corrected chi connectivity index (χ1v) is 24.7. The number of rotatable bonds is 11. The van der Waals surface area contributed by atoms with Crippen LogP contribution in [0, 0.1) is 0 Å². The summed E-state index contributed by atoms with van der Waals surface area (Å²) in [6, 6.07) is 69.8. The summed E-state index contributed by atoms with van der Waals surface area (Å²) in [6.07, 6.45) is 0. The molecule has 6 rings (SSSR count). The van der Waals surface area contributed by atoms with Crippen LogP contribution in [0.15, 0.2) is 182 Å². The average molecular weight is 673 g/mol.